The lowest BCUT2D eigenvalue weighted by atomic mass is 9.82. The van der Waals surface area contributed by atoms with Crippen molar-refractivity contribution >= 4 is 0 Å². The van der Waals surface area contributed by atoms with Gasteiger partial charge in [0.25, 0.3) is 5.92 Å². The third-order valence-electron chi connectivity index (χ3n) is 5.56. The van der Waals surface area contributed by atoms with E-state index in [1.54, 1.807) is 0 Å². The molecule has 1 atom stereocenters. The number of alkyl halides is 2. The summed E-state index contributed by atoms with van der Waals surface area (Å²) in [6.07, 6.45) is 3.81. The van der Waals surface area contributed by atoms with Crippen molar-refractivity contribution in [2.45, 2.75) is 56.4 Å². The molecule has 0 saturated heterocycles. The molecule has 22 heavy (non-hydrogen) atoms. The van der Waals surface area contributed by atoms with Gasteiger partial charge in [-0.15, -0.1) is 0 Å². The minimum atomic E-state index is -2.40. The van der Waals surface area contributed by atoms with Crippen LogP contribution in [-0.2, 0) is 0 Å². The summed E-state index contributed by atoms with van der Waals surface area (Å²) >= 11 is 0. The highest BCUT2D eigenvalue weighted by molar-refractivity contribution is 5.20. The molecule has 2 N–H and O–H groups in total. The molecule has 0 amide bonds. The van der Waals surface area contributed by atoms with Crippen LogP contribution in [0.25, 0.3) is 0 Å². The maximum Gasteiger partial charge on any atom is 0.254 e. The molecule has 2 saturated carbocycles. The van der Waals surface area contributed by atoms with E-state index in [4.69, 9.17) is 0 Å². The van der Waals surface area contributed by atoms with Gasteiger partial charge in [0.2, 0.25) is 0 Å². The van der Waals surface area contributed by atoms with Crippen LogP contribution in [0, 0.1) is 5.41 Å². The lowest BCUT2D eigenvalue weighted by Crippen LogP contribution is -2.37. The predicted octanol–water partition coefficient (Wildman–Crippen LogP) is 3.71. The zero-order valence-electron chi connectivity index (χ0n) is 12.9. The van der Waals surface area contributed by atoms with Gasteiger partial charge in [-0.25, -0.2) is 8.78 Å². The van der Waals surface area contributed by atoms with Crippen molar-refractivity contribution in [1.82, 2.24) is 5.32 Å². The van der Waals surface area contributed by atoms with Crippen LogP contribution in [0.15, 0.2) is 30.3 Å². The van der Waals surface area contributed by atoms with Gasteiger partial charge in [-0.1, -0.05) is 30.3 Å². The van der Waals surface area contributed by atoms with Crippen molar-refractivity contribution in [3.63, 3.8) is 0 Å². The molecule has 4 heteroatoms. The molecule has 3 rings (SSSR count). The minimum absolute atomic E-state index is 0.101. The molecule has 1 aromatic carbocycles. The molecule has 122 valence electrons. The second-order valence-electron chi connectivity index (χ2n) is 6.96. The Bertz CT molecular complexity index is 483. The van der Waals surface area contributed by atoms with E-state index in [1.165, 1.54) is 5.56 Å². The first kappa shape index (κ1) is 15.9. The molecule has 1 unspecified atom stereocenters. The third-order valence-corrected chi connectivity index (χ3v) is 5.56. The Morgan fingerprint density at radius 2 is 1.82 bits per heavy atom. The van der Waals surface area contributed by atoms with Crippen molar-refractivity contribution in [3.8, 4) is 0 Å². The fourth-order valence-electron chi connectivity index (χ4n) is 3.87. The normalized spacial score (nSPS) is 31.1. The van der Waals surface area contributed by atoms with E-state index in [2.05, 4.69) is 17.4 Å². The van der Waals surface area contributed by atoms with Crippen molar-refractivity contribution < 1.29 is 13.9 Å². The smallest absolute Gasteiger partial charge is 0.254 e. The van der Waals surface area contributed by atoms with Crippen LogP contribution in [-0.4, -0.2) is 30.2 Å². The summed E-state index contributed by atoms with van der Waals surface area (Å²) in [7, 11) is 0. The number of aliphatic hydroxyl groups is 1. The summed E-state index contributed by atoms with van der Waals surface area (Å²) in [6.45, 7) is 0.972. The second-order valence-corrected chi connectivity index (χ2v) is 6.96. The summed E-state index contributed by atoms with van der Waals surface area (Å²) in [5.41, 5.74) is 0.569. The van der Waals surface area contributed by atoms with E-state index in [1.807, 2.05) is 18.2 Å². The van der Waals surface area contributed by atoms with E-state index in [0.29, 0.717) is 18.9 Å². The molecule has 0 heterocycles. The van der Waals surface area contributed by atoms with Gasteiger partial charge in [-0.2, -0.15) is 0 Å². The molecule has 0 aliphatic heterocycles. The zero-order chi connectivity index (χ0) is 15.6. The maximum atomic E-state index is 13.4. The van der Waals surface area contributed by atoms with Crippen LogP contribution in [0.2, 0.25) is 0 Å². The summed E-state index contributed by atoms with van der Waals surface area (Å²) in [5.74, 6) is -2.12. The first-order chi connectivity index (χ1) is 10.6. The van der Waals surface area contributed by atoms with Gasteiger partial charge in [-0.05, 0) is 43.6 Å². The van der Waals surface area contributed by atoms with Gasteiger partial charge in [0.05, 0.1) is 0 Å². The average Bonchev–Trinajstić information content (AvgIpc) is 3.06. The topological polar surface area (TPSA) is 32.3 Å². The van der Waals surface area contributed by atoms with E-state index in [9.17, 15) is 13.9 Å². The Morgan fingerprint density at radius 3 is 2.36 bits per heavy atom. The molecule has 1 aromatic rings. The van der Waals surface area contributed by atoms with Gasteiger partial charge in [-0.3, -0.25) is 0 Å². The molecule has 2 nitrogen and oxygen atoms in total. The van der Waals surface area contributed by atoms with Crippen LogP contribution >= 0.6 is 0 Å². The van der Waals surface area contributed by atoms with Crippen LogP contribution in [0.1, 0.15) is 50.0 Å². The summed E-state index contributed by atoms with van der Waals surface area (Å²) in [4.78, 5) is 0. The number of hydrogen-bond acceptors (Lipinski definition) is 2. The van der Waals surface area contributed by atoms with Crippen molar-refractivity contribution in [2.24, 2.45) is 5.41 Å². The van der Waals surface area contributed by atoms with Crippen LogP contribution in [0.5, 0.6) is 0 Å². The lowest BCUT2D eigenvalue weighted by Gasteiger charge is -2.30. The van der Waals surface area contributed by atoms with Gasteiger partial charge in [0.15, 0.2) is 0 Å². The van der Waals surface area contributed by atoms with Gasteiger partial charge in [0.1, 0.15) is 0 Å². The van der Waals surface area contributed by atoms with Crippen molar-refractivity contribution in [3.05, 3.63) is 35.9 Å². The summed E-state index contributed by atoms with van der Waals surface area (Å²) in [5, 5.41) is 12.8. The van der Waals surface area contributed by atoms with Gasteiger partial charge in [0, 0.05) is 31.0 Å². The first-order valence-corrected chi connectivity index (χ1v) is 8.33. The first-order valence-electron chi connectivity index (χ1n) is 8.33. The molecule has 0 radical (unpaired) electrons. The number of benzene rings is 1. The quantitative estimate of drug-likeness (QED) is 0.839. The fraction of sp³-hybridized carbons (Fsp3) is 0.667. The SMILES string of the molecule is OCCC(CNC1CCC2(CC1)CC2(F)F)c1ccccc1. The van der Waals surface area contributed by atoms with E-state index < -0.39 is 11.3 Å². The predicted molar refractivity (Wildman–Crippen MR) is 83.1 cm³/mol. The summed E-state index contributed by atoms with van der Waals surface area (Å²) < 4.78 is 26.8. The number of nitrogens with one attached hydrogen (secondary N) is 1. The Kier molecular flexibility index (Phi) is 4.51. The second kappa shape index (κ2) is 6.25. The fourth-order valence-corrected chi connectivity index (χ4v) is 3.87. The van der Waals surface area contributed by atoms with Crippen molar-refractivity contribution in [1.29, 1.82) is 0 Å². The van der Waals surface area contributed by atoms with Crippen LogP contribution in [0.4, 0.5) is 8.78 Å². The minimum Gasteiger partial charge on any atom is -0.396 e. The Labute approximate surface area is 130 Å². The highest BCUT2D eigenvalue weighted by atomic mass is 19.3. The largest absolute Gasteiger partial charge is 0.396 e. The lowest BCUT2D eigenvalue weighted by molar-refractivity contribution is 0.0437. The van der Waals surface area contributed by atoms with Gasteiger partial charge >= 0.3 is 0 Å². The average molecular weight is 309 g/mol. The maximum absolute atomic E-state index is 13.4. The van der Waals surface area contributed by atoms with Crippen LogP contribution in [0.3, 0.4) is 0 Å². The zero-order valence-corrected chi connectivity index (χ0v) is 12.9. The van der Waals surface area contributed by atoms with Crippen LogP contribution < -0.4 is 5.32 Å². The van der Waals surface area contributed by atoms with E-state index in [0.717, 1.165) is 25.8 Å². The molecule has 2 aliphatic rings. The van der Waals surface area contributed by atoms with E-state index >= 15 is 0 Å². The molecule has 1 spiro atoms. The van der Waals surface area contributed by atoms with E-state index in [-0.39, 0.29) is 18.9 Å². The molecular weight excluding hydrogens is 284 g/mol. The number of hydrogen-bond donors (Lipinski definition) is 2. The monoisotopic (exact) mass is 309 g/mol. The highest BCUT2D eigenvalue weighted by Gasteiger charge is 2.70. The molecule has 2 fully saturated rings. The number of rotatable bonds is 6. The highest BCUT2D eigenvalue weighted by Crippen LogP contribution is 2.67. The summed E-state index contributed by atoms with van der Waals surface area (Å²) in [6, 6.07) is 10.5. The third kappa shape index (κ3) is 3.18. The molecule has 2 aliphatic carbocycles. The molecule has 0 bridgehead atoms. The van der Waals surface area contributed by atoms with Gasteiger partial charge < -0.3 is 10.4 Å². The molecule has 0 aromatic heterocycles. The number of halogens is 2. The number of aliphatic hydroxyl groups excluding tert-OH is 1. The Hall–Kier alpha value is -1.00. The standard InChI is InChI=1S/C18H25F2NO/c19-18(20)13-17(18)9-6-16(7-10-17)21-12-15(8-11-22)14-4-2-1-3-5-14/h1-5,15-16,21-22H,6-13H2. The Balaban J connectivity index is 1.49. The Morgan fingerprint density at radius 1 is 1.18 bits per heavy atom. The van der Waals surface area contributed by atoms with Crippen molar-refractivity contribution in [2.75, 3.05) is 13.2 Å². The molecular formula is C18H25F2NO.